The Hall–Kier alpha value is -0.580. The summed E-state index contributed by atoms with van der Waals surface area (Å²) < 4.78 is 0. The molecule has 0 aromatic heterocycles. The minimum Gasteiger partial charge on any atom is -0.399 e. The summed E-state index contributed by atoms with van der Waals surface area (Å²) in [7, 11) is 0. The normalized spacial score (nSPS) is 20.6. The number of nitrogen functional groups attached to an aromatic ring is 1. The smallest absolute Gasteiger partial charge is 0.228 e. The number of nitrogens with zero attached hydrogens (tertiary/aromatic N) is 1. The number of halogens is 2. The van der Waals surface area contributed by atoms with E-state index in [0.717, 1.165) is 0 Å². The molecular formula is C10H10Cl2N2OS. The maximum atomic E-state index is 11.7. The zero-order valence-electron chi connectivity index (χ0n) is 8.28. The highest BCUT2D eigenvalue weighted by atomic mass is 35.5. The van der Waals surface area contributed by atoms with Crippen molar-refractivity contribution in [1.82, 2.24) is 0 Å². The van der Waals surface area contributed by atoms with Crippen LogP contribution >= 0.6 is 35.8 Å². The fourth-order valence-corrected chi connectivity index (χ4v) is 2.78. The summed E-state index contributed by atoms with van der Waals surface area (Å²) >= 11 is 16.4. The van der Waals surface area contributed by atoms with Gasteiger partial charge in [0.25, 0.3) is 0 Å². The quantitative estimate of drug-likeness (QED) is 0.612. The van der Waals surface area contributed by atoms with E-state index in [9.17, 15) is 4.79 Å². The van der Waals surface area contributed by atoms with E-state index in [0.29, 0.717) is 34.4 Å². The molecule has 1 fully saturated rings. The first-order valence-corrected chi connectivity index (χ1v) is 5.99. The van der Waals surface area contributed by atoms with Crippen LogP contribution in [-0.4, -0.2) is 17.7 Å². The molecule has 0 radical (unpaired) electrons. The van der Waals surface area contributed by atoms with Gasteiger partial charge in [0, 0.05) is 23.9 Å². The molecule has 86 valence electrons. The summed E-state index contributed by atoms with van der Waals surface area (Å²) in [6.07, 6.45) is 0.403. The zero-order chi connectivity index (χ0) is 11.9. The highest BCUT2D eigenvalue weighted by Gasteiger charge is 2.31. The van der Waals surface area contributed by atoms with Gasteiger partial charge in [-0.3, -0.25) is 4.79 Å². The van der Waals surface area contributed by atoms with Crippen molar-refractivity contribution in [1.29, 1.82) is 0 Å². The van der Waals surface area contributed by atoms with Crippen LogP contribution in [0.2, 0.25) is 10.0 Å². The van der Waals surface area contributed by atoms with Gasteiger partial charge in [0.05, 0.1) is 15.7 Å². The average Bonchev–Trinajstić information content (AvgIpc) is 2.43. The molecule has 0 saturated carbocycles. The van der Waals surface area contributed by atoms with E-state index >= 15 is 0 Å². The maximum absolute atomic E-state index is 11.7. The SMILES string of the molecule is Nc1cc(Cl)c(N2CC(S)CC2=O)c(Cl)c1. The first-order valence-electron chi connectivity index (χ1n) is 4.72. The largest absolute Gasteiger partial charge is 0.399 e. The second-order valence-corrected chi connectivity index (χ2v) is 5.24. The number of rotatable bonds is 1. The van der Waals surface area contributed by atoms with Gasteiger partial charge in [-0.05, 0) is 12.1 Å². The molecule has 1 aromatic carbocycles. The van der Waals surface area contributed by atoms with Crippen molar-refractivity contribution in [2.45, 2.75) is 11.7 Å². The number of nitrogens with two attached hydrogens (primary N) is 1. The third-order valence-corrected chi connectivity index (χ3v) is 3.34. The topological polar surface area (TPSA) is 46.3 Å². The van der Waals surface area contributed by atoms with Crippen molar-refractivity contribution in [3.63, 3.8) is 0 Å². The van der Waals surface area contributed by atoms with Crippen LogP contribution < -0.4 is 10.6 Å². The molecule has 1 aromatic rings. The molecule has 0 bridgehead atoms. The summed E-state index contributed by atoms with van der Waals surface area (Å²) in [5.74, 6) is -0.0198. The lowest BCUT2D eigenvalue weighted by molar-refractivity contribution is -0.117. The van der Waals surface area contributed by atoms with Crippen LogP contribution in [-0.2, 0) is 4.79 Å². The standard InChI is InChI=1S/C10H10Cl2N2OS/c11-7-1-5(13)2-8(12)10(7)14-4-6(16)3-9(14)15/h1-2,6,16H,3-4,13H2. The van der Waals surface area contributed by atoms with E-state index in [4.69, 9.17) is 28.9 Å². The number of hydrogen-bond acceptors (Lipinski definition) is 3. The number of amides is 1. The van der Waals surface area contributed by atoms with Crippen LogP contribution in [0, 0.1) is 0 Å². The molecule has 1 heterocycles. The molecule has 6 heteroatoms. The van der Waals surface area contributed by atoms with Crippen LogP contribution in [0.1, 0.15) is 6.42 Å². The molecule has 1 atom stereocenters. The molecule has 3 nitrogen and oxygen atoms in total. The predicted molar refractivity (Wildman–Crippen MR) is 70.6 cm³/mol. The van der Waals surface area contributed by atoms with Crippen molar-refractivity contribution in [2.75, 3.05) is 17.2 Å². The highest BCUT2D eigenvalue weighted by Crippen LogP contribution is 2.38. The van der Waals surface area contributed by atoms with Crippen LogP contribution in [0.25, 0.3) is 0 Å². The summed E-state index contributed by atoms with van der Waals surface area (Å²) in [4.78, 5) is 13.3. The Kier molecular flexibility index (Phi) is 3.24. The first kappa shape index (κ1) is 11.9. The molecule has 0 aliphatic carbocycles. The third kappa shape index (κ3) is 2.10. The third-order valence-electron chi connectivity index (χ3n) is 2.41. The minimum atomic E-state index is -0.0198. The van der Waals surface area contributed by atoms with Gasteiger partial charge in [-0.1, -0.05) is 23.2 Å². The van der Waals surface area contributed by atoms with Crippen LogP contribution in [0.4, 0.5) is 11.4 Å². The van der Waals surface area contributed by atoms with Crippen molar-refractivity contribution in [3.05, 3.63) is 22.2 Å². The molecule has 2 rings (SSSR count). The minimum absolute atomic E-state index is 0.0198. The van der Waals surface area contributed by atoms with Gasteiger partial charge >= 0.3 is 0 Å². The molecule has 1 saturated heterocycles. The van der Waals surface area contributed by atoms with Gasteiger partial charge in [-0.2, -0.15) is 12.6 Å². The second kappa shape index (κ2) is 4.35. The van der Waals surface area contributed by atoms with Crippen molar-refractivity contribution in [3.8, 4) is 0 Å². The molecule has 16 heavy (non-hydrogen) atoms. The fourth-order valence-electron chi connectivity index (χ4n) is 1.75. The van der Waals surface area contributed by atoms with Gasteiger partial charge < -0.3 is 10.6 Å². The molecule has 2 N–H and O–H groups in total. The molecule has 1 aliphatic rings. The van der Waals surface area contributed by atoms with Crippen LogP contribution in [0.5, 0.6) is 0 Å². The molecule has 1 amide bonds. The number of carbonyl (C=O) groups excluding carboxylic acids is 1. The van der Waals surface area contributed by atoms with Crippen molar-refractivity contribution >= 4 is 53.1 Å². The lowest BCUT2D eigenvalue weighted by Crippen LogP contribution is -2.25. The molecular weight excluding hydrogens is 267 g/mol. The Morgan fingerprint density at radius 2 is 1.94 bits per heavy atom. The summed E-state index contributed by atoms with van der Waals surface area (Å²) in [5, 5.41) is 0.804. The van der Waals surface area contributed by atoms with Crippen molar-refractivity contribution in [2.24, 2.45) is 0 Å². The van der Waals surface area contributed by atoms with E-state index in [1.165, 1.54) is 0 Å². The van der Waals surface area contributed by atoms with E-state index in [-0.39, 0.29) is 11.2 Å². The Morgan fingerprint density at radius 3 is 2.38 bits per heavy atom. The number of anilines is 2. The fraction of sp³-hybridized carbons (Fsp3) is 0.300. The van der Waals surface area contributed by atoms with Gasteiger partial charge in [0.15, 0.2) is 0 Å². The van der Waals surface area contributed by atoms with E-state index in [2.05, 4.69) is 12.6 Å². The van der Waals surface area contributed by atoms with Gasteiger partial charge in [0.1, 0.15) is 0 Å². The zero-order valence-corrected chi connectivity index (χ0v) is 10.7. The number of benzene rings is 1. The number of carbonyl (C=O) groups is 1. The van der Waals surface area contributed by atoms with Gasteiger partial charge in [-0.25, -0.2) is 0 Å². The lowest BCUT2D eigenvalue weighted by atomic mass is 10.2. The van der Waals surface area contributed by atoms with E-state index < -0.39 is 0 Å². The van der Waals surface area contributed by atoms with Gasteiger partial charge in [0.2, 0.25) is 5.91 Å². The predicted octanol–water partition coefficient (Wildman–Crippen LogP) is 2.61. The van der Waals surface area contributed by atoms with Crippen LogP contribution in [0.3, 0.4) is 0 Å². The Balaban J connectivity index is 2.44. The summed E-state index contributed by atoms with van der Waals surface area (Å²) in [6, 6.07) is 3.17. The Morgan fingerprint density at radius 1 is 1.38 bits per heavy atom. The van der Waals surface area contributed by atoms with E-state index in [1.54, 1.807) is 17.0 Å². The van der Waals surface area contributed by atoms with Crippen LogP contribution in [0.15, 0.2) is 12.1 Å². The maximum Gasteiger partial charge on any atom is 0.228 e. The highest BCUT2D eigenvalue weighted by molar-refractivity contribution is 7.81. The van der Waals surface area contributed by atoms with Crippen molar-refractivity contribution < 1.29 is 4.79 Å². The Labute approximate surface area is 109 Å². The monoisotopic (exact) mass is 276 g/mol. The average molecular weight is 277 g/mol. The Bertz CT molecular complexity index is 429. The molecule has 1 aliphatic heterocycles. The summed E-state index contributed by atoms with van der Waals surface area (Å²) in [5.41, 5.74) is 6.61. The van der Waals surface area contributed by atoms with Gasteiger partial charge in [-0.15, -0.1) is 0 Å². The first-order chi connectivity index (χ1) is 7.49. The number of hydrogen-bond donors (Lipinski definition) is 2. The summed E-state index contributed by atoms with van der Waals surface area (Å²) in [6.45, 7) is 0.519. The van der Waals surface area contributed by atoms with E-state index in [1.807, 2.05) is 0 Å². The lowest BCUT2D eigenvalue weighted by Gasteiger charge is -2.19. The molecule has 0 spiro atoms. The number of thiol groups is 1. The second-order valence-electron chi connectivity index (χ2n) is 3.70. The molecule has 1 unspecified atom stereocenters.